The first kappa shape index (κ1) is 26.8. The van der Waals surface area contributed by atoms with Gasteiger partial charge in [0.15, 0.2) is 0 Å². The Morgan fingerprint density at radius 3 is 2.45 bits per heavy atom. The van der Waals surface area contributed by atoms with Crippen LogP contribution < -0.4 is 5.32 Å². The number of nitrogens with one attached hydrogen (secondary N) is 1. The fourth-order valence-corrected chi connectivity index (χ4v) is 4.99. The van der Waals surface area contributed by atoms with Gasteiger partial charge in [-0.15, -0.1) is 6.42 Å². The van der Waals surface area contributed by atoms with Gasteiger partial charge in [-0.3, -0.25) is 14.4 Å². The SMILES string of the molecule is C#CCN1CC(=O)N2[C@@H](CC(C)=O)C(=O)N(C(C)c3ccc(F)cc3)C[C@@H]2N1C(=O)NCc1ccccc1. The average Bonchev–Trinajstić information content (AvgIpc) is 2.89. The van der Waals surface area contributed by atoms with E-state index >= 15 is 0 Å². The lowest BCUT2D eigenvalue weighted by Crippen LogP contribution is -2.76. The van der Waals surface area contributed by atoms with E-state index in [1.54, 1.807) is 19.1 Å². The zero-order chi connectivity index (χ0) is 27.4. The van der Waals surface area contributed by atoms with Crippen molar-refractivity contribution in [1.82, 2.24) is 25.1 Å². The lowest BCUT2D eigenvalue weighted by Gasteiger charge is -2.55. The molecule has 0 saturated carbocycles. The molecule has 2 fully saturated rings. The van der Waals surface area contributed by atoms with Crippen LogP contribution in [0.4, 0.5) is 9.18 Å². The molecule has 0 spiro atoms. The number of benzene rings is 2. The summed E-state index contributed by atoms with van der Waals surface area (Å²) < 4.78 is 13.6. The van der Waals surface area contributed by atoms with Crippen LogP contribution in [0.1, 0.15) is 37.4 Å². The molecule has 2 aromatic carbocycles. The van der Waals surface area contributed by atoms with Crippen LogP contribution in [0.2, 0.25) is 0 Å². The monoisotopic (exact) mass is 519 g/mol. The number of terminal acetylenes is 1. The van der Waals surface area contributed by atoms with Crippen LogP contribution in [0.3, 0.4) is 0 Å². The van der Waals surface area contributed by atoms with E-state index in [9.17, 15) is 23.6 Å². The van der Waals surface area contributed by atoms with E-state index in [2.05, 4.69) is 11.2 Å². The summed E-state index contributed by atoms with van der Waals surface area (Å²) in [6.45, 7) is 3.15. The number of Topliss-reactive ketones (excluding diaryl/α,β-unsaturated/α-hetero) is 1. The third-order valence-electron chi connectivity index (χ3n) is 6.85. The first-order valence-corrected chi connectivity index (χ1v) is 12.4. The van der Waals surface area contributed by atoms with Gasteiger partial charge in [0.1, 0.15) is 23.8 Å². The topological polar surface area (TPSA) is 93.3 Å². The van der Waals surface area contributed by atoms with Gasteiger partial charge in [-0.2, -0.15) is 5.01 Å². The van der Waals surface area contributed by atoms with Gasteiger partial charge >= 0.3 is 6.03 Å². The fourth-order valence-electron chi connectivity index (χ4n) is 4.99. The summed E-state index contributed by atoms with van der Waals surface area (Å²) in [6, 6.07) is 13.1. The number of amides is 4. The van der Waals surface area contributed by atoms with E-state index in [1.807, 2.05) is 30.3 Å². The summed E-state index contributed by atoms with van der Waals surface area (Å²) in [5, 5.41) is 5.74. The molecule has 2 heterocycles. The number of fused-ring (bicyclic) bond motifs is 1. The Morgan fingerprint density at radius 1 is 1.13 bits per heavy atom. The predicted molar refractivity (Wildman–Crippen MR) is 137 cm³/mol. The van der Waals surface area contributed by atoms with Gasteiger partial charge in [0.2, 0.25) is 11.8 Å². The molecule has 2 aliphatic heterocycles. The molecule has 0 bridgehead atoms. The summed E-state index contributed by atoms with van der Waals surface area (Å²) in [6.07, 6.45) is 4.47. The second kappa shape index (κ2) is 11.4. The van der Waals surface area contributed by atoms with Crippen LogP contribution in [-0.2, 0) is 20.9 Å². The van der Waals surface area contributed by atoms with Crippen molar-refractivity contribution in [3.05, 3.63) is 71.5 Å². The first-order chi connectivity index (χ1) is 18.2. The van der Waals surface area contributed by atoms with Gasteiger partial charge in [-0.25, -0.2) is 14.2 Å². The van der Waals surface area contributed by atoms with E-state index in [0.29, 0.717) is 5.56 Å². The highest BCUT2D eigenvalue weighted by atomic mass is 19.1. The van der Waals surface area contributed by atoms with Gasteiger partial charge in [0.25, 0.3) is 0 Å². The van der Waals surface area contributed by atoms with Crippen molar-refractivity contribution in [2.75, 3.05) is 19.6 Å². The molecule has 38 heavy (non-hydrogen) atoms. The number of hydrazine groups is 1. The van der Waals surface area contributed by atoms with Crippen LogP contribution in [0.5, 0.6) is 0 Å². The van der Waals surface area contributed by atoms with Crippen molar-refractivity contribution in [3.63, 3.8) is 0 Å². The molecule has 2 aromatic rings. The minimum Gasteiger partial charge on any atom is -0.333 e. The summed E-state index contributed by atoms with van der Waals surface area (Å²) in [7, 11) is 0. The number of hydrogen-bond donors (Lipinski definition) is 1. The van der Waals surface area contributed by atoms with Gasteiger partial charge in [-0.1, -0.05) is 48.4 Å². The van der Waals surface area contributed by atoms with Crippen molar-refractivity contribution in [1.29, 1.82) is 0 Å². The number of nitrogens with zero attached hydrogens (tertiary/aromatic N) is 4. The highest BCUT2D eigenvalue weighted by Gasteiger charge is 2.52. The number of urea groups is 1. The molecular weight excluding hydrogens is 489 g/mol. The van der Waals surface area contributed by atoms with Crippen molar-refractivity contribution in [2.45, 2.75) is 45.1 Å². The summed E-state index contributed by atoms with van der Waals surface area (Å²) >= 11 is 0. The Morgan fingerprint density at radius 2 is 1.82 bits per heavy atom. The molecule has 0 radical (unpaired) electrons. The van der Waals surface area contributed by atoms with E-state index in [4.69, 9.17) is 6.42 Å². The number of carbonyl (C=O) groups is 4. The molecule has 2 aliphatic rings. The zero-order valence-electron chi connectivity index (χ0n) is 21.3. The highest BCUT2D eigenvalue weighted by Crippen LogP contribution is 2.32. The number of hydrogen-bond acceptors (Lipinski definition) is 5. The lowest BCUT2D eigenvalue weighted by molar-refractivity contribution is -0.191. The molecule has 198 valence electrons. The second-order valence-corrected chi connectivity index (χ2v) is 9.44. The van der Waals surface area contributed by atoms with E-state index in [0.717, 1.165) is 5.56 Å². The summed E-state index contributed by atoms with van der Waals surface area (Å²) in [5.41, 5.74) is 1.56. The van der Waals surface area contributed by atoms with Crippen molar-refractivity contribution in [3.8, 4) is 12.3 Å². The predicted octanol–water partition coefficient (Wildman–Crippen LogP) is 2.31. The van der Waals surface area contributed by atoms with Gasteiger partial charge in [0, 0.05) is 13.0 Å². The Kier molecular flexibility index (Phi) is 8.08. The standard InChI is InChI=1S/C28H30FN5O4/c1-4-14-31-18-26(36)33-24(15-19(2)35)27(37)32(20(3)22-10-12-23(29)13-11-22)17-25(33)34(31)28(38)30-16-21-8-6-5-7-9-21/h1,5-13,20,24-25H,14-18H2,2-3H3,(H,30,38)/t20?,24-,25-/m0/s1. The number of carbonyl (C=O) groups excluding carboxylic acids is 4. The molecule has 3 atom stereocenters. The molecule has 9 nitrogen and oxygen atoms in total. The Labute approximate surface area is 221 Å². The minimum atomic E-state index is -1.08. The maximum absolute atomic E-state index is 13.7. The molecular formula is C28H30FN5O4. The first-order valence-electron chi connectivity index (χ1n) is 12.4. The van der Waals surface area contributed by atoms with Gasteiger partial charge in [-0.05, 0) is 37.1 Å². The van der Waals surface area contributed by atoms with Crippen LogP contribution in [0.25, 0.3) is 0 Å². The van der Waals surface area contributed by atoms with Crippen molar-refractivity contribution >= 4 is 23.6 Å². The molecule has 1 unspecified atom stereocenters. The van der Waals surface area contributed by atoms with Crippen LogP contribution in [0.15, 0.2) is 54.6 Å². The highest BCUT2D eigenvalue weighted by molar-refractivity contribution is 5.94. The van der Waals surface area contributed by atoms with Gasteiger partial charge < -0.3 is 15.1 Å². The fraction of sp³-hybridized carbons (Fsp3) is 0.357. The summed E-state index contributed by atoms with van der Waals surface area (Å²) in [4.78, 5) is 55.6. The Bertz CT molecular complexity index is 1250. The number of ketones is 1. The second-order valence-electron chi connectivity index (χ2n) is 9.44. The lowest BCUT2D eigenvalue weighted by atomic mass is 9.98. The van der Waals surface area contributed by atoms with Crippen LogP contribution in [0, 0.1) is 18.2 Å². The van der Waals surface area contributed by atoms with E-state index < -0.39 is 41.9 Å². The molecule has 0 aromatic heterocycles. The van der Waals surface area contributed by atoms with Crippen molar-refractivity contribution < 1.29 is 23.6 Å². The zero-order valence-corrected chi connectivity index (χ0v) is 21.3. The summed E-state index contributed by atoms with van der Waals surface area (Å²) in [5.74, 6) is 1.02. The molecule has 0 aliphatic carbocycles. The molecule has 4 amide bonds. The molecule has 2 saturated heterocycles. The van der Waals surface area contributed by atoms with E-state index in [1.165, 1.54) is 38.9 Å². The smallest absolute Gasteiger partial charge is 0.333 e. The maximum atomic E-state index is 13.7. The Hall–Kier alpha value is -4.23. The molecule has 1 N–H and O–H groups in total. The van der Waals surface area contributed by atoms with Crippen molar-refractivity contribution in [2.24, 2.45) is 0 Å². The number of halogens is 1. The Balaban J connectivity index is 1.70. The normalized spacial score (nSPS) is 20.5. The van der Waals surface area contributed by atoms with E-state index in [-0.39, 0.29) is 38.4 Å². The number of piperazine rings is 1. The maximum Gasteiger partial charge on any atom is 0.334 e. The van der Waals surface area contributed by atoms with Crippen LogP contribution >= 0.6 is 0 Å². The number of rotatable bonds is 7. The van der Waals surface area contributed by atoms with Gasteiger partial charge in [0.05, 0.1) is 25.7 Å². The minimum absolute atomic E-state index is 0.00628. The quantitative estimate of drug-likeness (QED) is 0.567. The molecule has 4 rings (SSSR count). The third-order valence-corrected chi connectivity index (χ3v) is 6.85. The molecule has 10 heteroatoms. The largest absolute Gasteiger partial charge is 0.334 e. The average molecular weight is 520 g/mol. The third kappa shape index (κ3) is 5.53. The van der Waals surface area contributed by atoms with Crippen LogP contribution in [-0.4, -0.2) is 75.3 Å².